The van der Waals surface area contributed by atoms with Gasteiger partial charge >= 0.3 is 0 Å². The minimum Gasteiger partial charge on any atom is -0.348 e. The predicted octanol–water partition coefficient (Wildman–Crippen LogP) is -0.335. The zero-order chi connectivity index (χ0) is 17.2. The highest BCUT2D eigenvalue weighted by Gasteiger charge is 2.19. The summed E-state index contributed by atoms with van der Waals surface area (Å²) in [7, 11) is 0. The van der Waals surface area contributed by atoms with Crippen LogP contribution in [0.25, 0.3) is 5.82 Å². The standard InChI is InChI=1S/C15H17N9O/c1-9-12(11-2-3-16-4-10(11)5-17-9)6-18-15(25)13-7-19-21-14(13)24-8-20-22-23-24/h5,7-8,16H,2-4,6H2,1H3,(H,18,25)(H,19,21). The minimum atomic E-state index is -0.245. The van der Waals surface area contributed by atoms with Gasteiger partial charge in [-0.1, -0.05) is 0 Å². The molecule has 1 aliphatic heterocycles. The zero-order valence-electron chi connectivity index (χ0n) is 13.7. The number of carbonyl (C=O) groups excluding carboxylic acids is 1. The quantitative estimate of drug-likeness (QED) is 0.594. The van der Waals surface area contributed by atoms with Gasteiger partial charge in [-0.25, -0.2) is 0 Å². The summed E-state index contributed by atoms with van der Waals surface area (Å²) < 4.78 is 1.37. The van der Waals surface area contributed by atoms with E-state index in [1.165, 1.54) is 28.3 Å². The van der Waals surface area contributed by atoms with Gasteiger partial charge in [-0.05, 0) is 47.0 Å². The van der Waals surface area contributed by atoms with Crippen molar-refractivity contribution in [2.24, 2.45) is 0 Å². The fraction of sp³-hybridized carbons (Fsp3) is 0.333. The Morgan fingerprint density at radius 1 is 1.40 bits per heavy atom. The number of fused-ring (bicyclic) bond motifs is 1. The SMILES string of the molecule is Cc1ncc2c(c1CNC(=O)c1cn[nH]c1-n1cnnn1)CCNC2. The lowest BCUT2D eigenvalue weighted by atomic mass is 9.96. The predicted molar refractivity (Wildman–Crippen MR) is 86.9 cm³/mol. The van der Waals surface area contributed by atoms with Gasteiger partial charge in [-0.2, -0.15) is 9.78 Å². The van der Waals surface area contributed by atoms with Gasteiger partial charge in [-0.3, -0.25) is 14.9 Å². The highest BCUT2D eigenvalue weighted by atomic mass is 16.1. The van der Waals surface area contributed by atoms with E-state index in [0.29, 0.717) is 17.9 Å². The van der Waals surface area contributed by atoms with E-state index in [9.17, 15) is 4.79 Å². The highest BCUT2D eigenvalue weighted by Crippen LogP contribution is 2.20. The van der Waals surface area contributed by atoms with E-state index in [2.05, 4.69) is 41.3 Å². The van der Waals surface area contributed by atoms with E-state index >= 15 is 0 Å². The number of nitrogens with zero attached hydrogens (tertiary/aromatic N) is 6. The number of hydrogen-bond donors (Lipinski definition) is 3. The Hall–Kier alpha value is -3.14. The van der Waals surface area contributed by atoms with Gasteiger partial charge in [0.1, 0.15) is 11.9 Å². The summed E-state index contributed by atoms with van der Waals surface area (Å²) in [5, 5.41) is 23.9. The molecule has 0 saturated heterocycles. The van der Waals surface area contributed by atoms with Crippen LogP contribution in [0.5, 0.6) is 0 Å². The smallest absolute Gasteiger partial charge is 0.257 e. The van der Waals surface area contributed by atoms with Crippen LogP contribution < -0.4 is 10.6 Å². The fourth-order valence-electron chi connectivity index (χ4n) is 3.03. The first-order valence-corrected chi connectivity index (χ1v) is 7.96. The molecule has 0 spiro atoms. The summed E-state index contributed by atoms with van der Waals surface area (Å²) in [6, 6.07) is 0. The number of carbonyl (C=O) groups is 1. The van der Waals surface area contributed by atoms with Gasteiger partial charge in [0.15, 0.2) is 5.82 Å². The molecule has 3 aromatic heterocycles. The van der Waals surface area contributed by atoms with Gasteiger partial charge in [0.2, 0.25) is 0 Å². The molecule has 1 amide bonds. The zero-order valence-corrected chi connectivity index (χ0v) is 13.7. The van der Waals surface area contributed by atoms with Crippen LogP contribution in [0.15, 0.2) is 18.7 Å². The molecule has 3 aromatic rings. The van der Waals surface area contributed by atoms with Crippen molar-refractivity contribution in [2.75, 3.05) is 6.54 Å². The van der Waals surface area contributed by atoms with Crippen molar-refractivity contribution in [3.05, 3.63) is 46.7 Å². The normalized spacial score (nSPS) is 13.5. The molecule has 0 fully saturated rings. The number of hydrogen-bond acceptors (Lipinski definition) is 7. The number of pyridine rings is 1. The summed E-state index contributed by atoms with van der Waals surface area (Å²) in [4.78, 5) is 17.0. The van der Waals surface area contributed by atoms with E-state index < -0.39 is 0 Å². The lowest BCUT2D eigenvalue weighted by Gasteiger charge is -2.21. The van der Waals surface area contributed by atoms with Crippen molar-refractivity contribution < 1.29 is 4.79 Å². The number of aromatic amines is 1. The largest absolute Gasteiger partial charge is 0.348 e. The Morgan fingerprint density at radius 2 is 2.32 bits per heavy atom. The maximum Gasteiger partial charge on any atom is 0.257 e. The van der Waals surface area contributed by atoms with Crippen molar-refractivity contribution in [2.45, 2.75) is 26.4 Å². The van der Waals surface area contributed by atoms with E-state index in [4.69, 9.17) is 0 Å². The van der Waals surface area contributed by atoms with E-state index in [1.54, 1.807) is 0 Å². The van der Waals surface area contributed by atoms with Gasteiger partial charge in [0.25, 0.3) is 5.91 Å². The van der Waals surface area contributed by atoms with E-state index in [0.717, 1.165) is 30.8 Å². The minimum absolute atomic E-state index is 0.245. The Kier molecular flexibility index (Phi) is 3.94. The van der Waals surface area contributed by atoms with Gasteiger partial charge in [-0.15, -0.1) is 5.10 Å². The van der Waals surface area contributed by atoms with Gasteiger partial charge < -0.3 is 10.6 Å². The second-order valence-corrected chi connectivity index (χ2v) is 5.82. The van der Waals surface area contributed by atoms with Crippen LogP contribution in [0.2, 0.25) is 0 Å². The molecule has 4 heterocycles. The first-order chi connectivity index (χ1) is 12.2. The second kappa shape index (κ2) is 6.40. The number of amides is 1. The molecule has 128 valence electrons. The van der Waals surface area contributed by atoms with Gasteiger partial charge in [0, 0.05) is 25.0 Å². The number of aromatic nitrogens is 7. The molecule has 0 aliphatic carbocycles. The number of nitrogens with one attached hydrogen (secondary N) is 3. The van der Waals surface area contributed by atoms with Crippen LogP contribution >= 0.6 is 0 Å². The Balaban J connectivity index is 1.55. The lowest BCUT2D eigenvalue weighted by molar-refractivity contribution is 0.0950. The molecule has 0 radical (unpaired) electrons. The van der Waals surface area contributed by atoms with Crippen LogP contribution in [0.3, 0.4) is 0 Å². The topological polar surface area (TPSA) is 126 Å². The molecule has 0 aromatic carbocycles. The van der Waals surface area contributed by atoms with Crippen molar-refractivity contribution in [3.8, 4) is 5.82 Å². The van der Waals surface area contributed by atoms with Crippen LogP contribution in [-0.4, -0.2) is 47.8 Å². The molecule has 1 aliphatic rings. The van der Waals surface area contributed by atoms with Crippen molar-refractivity contribution in [1.29, 1.82) is 0 Å². The van der Waals surface area contributed by atoms with Crippen molar-refractivity contribution in [3.63, 3.8) is 0 Å². The summed E-state index contributed by atoms with van der Waals surface area (Å²) in [6.45, 7) is 4.13. The van der Waals surface area contributed by atoms with Crippen LogP contribution in [0.1, 0.15) is 32.7 Å². The molecule has 0 unspecified atom stereocenters. The van der Waals surface area contributed by atoms with Crippen molar-refractivity contribution in [1.82, 2.24) is 46.0 Å². The number of rotatable bonds is 4. The molecule has 10 nitrogen and oxygen atoms in total. The van der Waals surface area contributed by atoms with E-state index in [-0.39, 0.29) is 5.91 Å². The Morgan fingerprint density at radius 3 is 3.16 bits per heavy atom. The molecule has 10 heteroatoms. The highest BCUT2D eigenvalue weighted by molar-refractivity contribution is 5.96. The average Bonchev–Trinajstić information content (AvgIpc) is 3.31. The number of H-pyrrole nitrogens is 1. The summed E-state index contributed by atoms with van der Waals surface area (Å²) >= 11 is 0. The van der Waals surface area contributed by atoms with E-state index in [1.807, 2.05) is 13.1 Å². The third kappa shape index (κ3) is 2.87. The molecule has 0 bridgehead atoms. The number of aryl methyl sites for hydroxylation is 1. The second-order valence-electron chi connectivity index (χ2n) is 5.82. The third-order valence-electron chi connectivity index (χ3n) is 4.34. The molecule has 0 saturated carbocycles. The van der Waals surface area contributed by atoms with Gasteiger partial charge in [0.05, 0.1) is 6.20 Å². The Bertz CT molecular complexity index is 900. The molecular weight excluding hydrogens is 322 g/mol. The Labute approximate surface area is 143 Å². The summed E-state index contributed by atoms with van der Waals surface area (Å²) in [5.41, 5.74) is 4.87. The first-order valence-electron chi connectivity index (χ1n) is 7.96. The molecular formula is C15H17N9O. The molecule has 4 rings (SSSR count). The lowest BCUT2D eigenvalue weighted by Crippen LogP contribution is -2.29. The monoisotopic (exact) mass is 339 g/mol. The van der Waals surface area contributed by atoms with Crippen LogP contribution in [0.4, 0.5) is 0 Å². The number of tetrazole rings is 1. The average molecular weight is 339 g/mol. The molecule has 3 N–H and O–H groups in total. The summed E-state index contributed by atoms with van der Waals surface area (Å²) in [5.74, 6) is 0.182. The fourth-order valence-corrected chi connectivity index (χ4v) is 3.03. The van der Waals surface area contributed by atoms with Crippen LogP contribution in [0, 0.1) is 6.92 Å². The summed E-state index contributed by atoms with van der Waals surface area (Å²) in [6.07, 6.45) is 5.71. The maximum atomic E-state index is 12.6. The van der Waals surface area contributed by atoms with Crippen LogP contribution in [-0.2, 0) is 19.5 Å². The molecule has 0 atom stereocenters. The first kappa shape index (κ1) is 15.4. The molecule has 25 heavy (non-hydrogen) atoms. The third-order valence-corrected chi connectivity index (χ3v) is 4.34. The van der Waals surface area contributed by atoms with Crippen molar-refractivity contribution >= 4 is 5.91 Å². The maximum absolute atomic E-state index is 12.6.